The van der Waals surface area contributed by atoms with E-state index in [1.54, 1.807) is 13.1 Å². The summed E-state index contributed by atoms with van der Waals surface area (Å²) in [7, 11) is -3.30. The Bertz CT molecular complexity index is 825. The first kappa shape index (κ1) is 19.9. The largest absolute Gasteiger partial charge is 0.369 e. The van der Waals surface area contributed by atoms with Crippen molar-refractivity contribution < 1.29 is 8.42 Å². The van der Waals surface area contributed by atoms with E-state index in [2.05, 4.69) is 46.0 Å². The van der Waals surface area contributed by atoms with Crippen LogP contribution in [0.4, 0.5) is 5.69 Å². The molecule has 0 unspecified atom stereocenters. The number of sulfone groups is 1. The Labute approximate surface area is 162 Å². The second kappa shape index (κ2) is 8.89. The summed E-state index contributed by atoms with van der Waals surface area (Å²) in [6.07, 6.45) is 3.73. The number of rotatable bonds is 8. The summed E-state index contributed by atoms with van der Waals surface area (Å²) in [6.45, 7) is 9.14. The molecule has 3 rings (SSSR count). The van der Waals surface area contributed by atoms with E-state index < -0.39 is 9.84 Å². The molecular formula is C20H30N4O2S. The van der Waals surface area contributed by atoms with Crippen molar-refractivity contribution in [3.05, 3.63) is 42.2 Å². The highest BCUT2D eigenvalue weighted by Crippen LogP contribution is 2.19. The van der Waals surface area contributed by atoms with E-state index >= 15 is 0 Å². The Morgan fingerprint density at radius 2 is 1.74 bits per heavy atom. The van der Waals surface area contributed by atoms with Crippen LogP contribution < -0.4 is 4.90 Å². The number of para-hydroxylation sites is 1. The van der Waals surface area contributed by atoms with Crippen molar-refractivity contribution in [1.82, 2.24) is 14.5 Å². The summed E-state index contributed by atoms with van der Waals surface area (Å²) in [5.74, 6) is 0.0886. The zero-order valence-corrected chi connectivity index (χ0v) is 17.2. The minimum atomic E-state index is -3.30. The molecule has 0 atom stereocenters. The number of benzene rings is 1. The molecule has 1 saturated heterocycles. The van der Waals surface area contributed by atoms with Gasteiger partial charge in [-0.15, -0.1) is 0 Å². The lowest BCUT2D eigenvalue weighted by Crippen LogP contribution is -2.46. The summed E-state index contributed by atoms with van der Waals surface area (Å²) in [5.41, 5.74) is 2.27. The predicted molar refractivity (Wildman–Crippen MR) is 109 cm³/mol. The minimum absolute atomic E-state index is 0.0886. The molecule has 1 aromatic heterocycles. The third kappa shape index (κ3) is 4.71. The van der Waals surface area contributed by atoms with Crippen molar-refractivity contribution in [3.8, 4) is 0 Å². The Morgan fingerprint density at radius 1 is 1.04 bits per heavy atom. The number of nitrogens with zero attached hydrogens (tertiary/aromatic N) is 4. The maximum Gasteiger partial charge on any atom is 0.227 e. The molecule has 148 valence electrons. The van der Waals surface area contributed by atoms with Gasteiger partial charge in [0.25, 0.3) is 0 Å². The van der Waals surface area contributed by atoms with E-state index in [0.29, 0.717) is 6.54 Å². The summed E-state index contributed by atoms with van der Waals surface area (Å²) in [5, 5.41) is 0.233. The molecule has 0 radical (unpaired) electrons. The van der Waals surface area contributed by atoms with E-state index in [4.69, 9.17) is 0 Å². The Morgan fingerprint density at radius 3 is 2.37 bits per heavy atom. The van der Waals surface area contributed by atoms with Gasteiger partial charge >= 0.3 is 0 Å². The molecule has 2 heterocycles. The van der Waals surface area contributed by atoms with Gasteiger partial charge in [-0.25, -0.2) is 13.4 Å². The summed E-state index contributed by atoms with van der Waals surface area (Å²) < 4.78 is 26.7. The van der Waals surface area contributed by atoms with Gasteiger partial charge in [0, 0.05) is 45.0 Å². The average molecular weight is 391 g/mol. The van der Waals surface area contributed by atoms with Crippen molar-refractivity contribution >= 4 is 15.5 Å². The molecule has 1 aliphatic rings. The van der Waals surface area contributed by atoms with Gasteiger partial charge < -0.3 is 9.47 Å². The Kier molecular flexibility index (Phi) is 6.55. The monoisotopic (exact) mass is 390 g/mol. The van der Waals surface area contributed by atoms with Crippen molar-refractivity contribution in [3.63, 3.8) is 0 Å². The second-order valence-electron chi connectivity index (χ2n) is 7.04. The standard InChI is InChI=1S/C20H30N4O2S/c1-3-5-11-24-19(16-21-20(24)27(25,26)4-2)17-22-12-14-23(15-13-22)18-9-7-6-8-10-18/h6-10,16H,3-5,11-15,17H2,1-2H3. The molecule has 7 heteroatoms. The zero-order valence-electron chi connectivity index (χ0n) is 16.3. The molecule has 27 heavy (non-hydrogen) atoms. The lowest BCUT2D eigenvalue weighted by Gasteiger charge is -2.36. The van der Waals surface area contributed by atoms with E-state index in [1.165, 1.54) is 5.69 Å². The smallest absolute Gasteiger partial charge is 0.227 e. The topological polar surface area (TPSA) is 58.4 Å². The minimum Gasteiger partial charge on any atom is -0.369 e. The van der Waals surface area contributed by atoms with Gasteiger partial charge in [0.05, 0.1) is 17.6 Å². The molecule has 0 bridgehead atoms. The summed E-state index contributed by atoms with van der Waals surface area (Å²) in [6, 6.07) is 10.5. The molecule has 0 saturated carbocycles. The molecule has 1 fully saturated rings. The van der Waals surface area contributed by atoms with Crippen LogP contribution in [0.1, 0.15) is 32.4 Å². The van der Waals surface area contributed by atoms with Crippen LogP contribution in [0.3, 0.4) is 0 Å². The van der Waals surface area contributed by atoms with Crippen LogP contribution >= 0.6 is 0 Å². The van der Waals surface area contributed by atoms with Gasteiger partial charge in [0.2, 0.25) is 15.0 Å². The van der Waals surface area contributed by atoms with Crippen molar-refractivity contribution in [2.24, 2.45) is 0 Å². The first-order valence-corrected chi connectivity index (χ1v) is 11.5. The van der Waals surface area contributed by atoms with Gasteiger partial charge in [-0.2, -0.15) is 0 Å². The highest BCUT2D eigenvalue weighted by atomic mass is 32.2. The first-order chi connectivity index (χ1) is 13.0. The Hall–Kier alpha value is -1.86. The molecule has 1 aliphatic heterocycles. The van der Waals surface area contributed by atoms with Crippen LogP contribution in [0.25, 0.3) is 0 Å². The molecule has 0 spiro atoms. The fraction of sp³-hybridized carbons (Fsp3) is 0.550. The van der Waals surface area contributed by atoms with Gasteiger partial charge in [-0.1, -0.05) is 38.5 Å². The van der Waals surface area contributed by atoms with E-state index in [-0.39, 0.29) is 10.9 Å². The number of hydrogen-bond acceptors (Lipinski definition) is 5. The number of hydrogen-bond donors (Lipinski definition) is 0. The van der Waals surface area contributed by atoms with Crippen LogP contribution in [0.5, 0.6) is 0 Å². The maximum atomic E-state index is 12.4. The third-order valence-electron chi connectivity index (χ3n) is 5.17. The van der Waals surface area contributed by atoms with Crippen molar-refractivity contribution in [2.75, 3.05) is 36.8 Å². The van der Waals surface area contributed by atoms with Gasteiger partial charge in [0.15, 0.2) is 0 Å². The zero-order chi connectivity index (χ0) is 19.3. The molecule has 0 N–H and O–H groups in total. The Balaban J connectivity index is 1.69. The first-order valence-electron chi connectivity index (χ1n) is 9.84. The molecule has 6 nitrogen and oxygen atoms in total. The van der Waals surface area contributed by atoms with E-state index in [9.17, 15) is 8.42 Å². The van der Waals surface area contributed by atoms with Crippen LogP contribution in [-0.4, -0.2) is 54.8 Å². The molecular weight excluding hydrogens is 360 g/mol. The lowest BCUT2D eigenvalue weighted by atomic mass is 10.2. The number of anilines is 1. The number of unbranched alkanes of at least 4 members (excludes halogenated alkanes) is 1. The maximum absolute atomic E-state index is 12.4. The van der Waals surface area contributed by atoms with Crippen molar-refractivity contribution in [2.45, 2.75) is 44.9 Å². The number of piperazine rings is 1. The average Bonchev–Trinajstić information content (AvgIpc) is 3.11. The SMILES string of the molecule is CCCCn1c(CN2CCN(c3ccccc3)CC2)cnc1S(=O)(=O)CC. The van der Waals surface area contributed by atoms with Crippen LogP contribution in [0.2, 0.25) is 0 Å². The molecule has 0 aliphatic carbocycles. The molecule has 2 aromatic rings. The highest BCUT2D eigenvalue weighted by Gasteiger charge is 2.24. The van der Waals surface area contributed by atoms with E-state index in [0.717, 1.165) is 51.3 Å². The second-order valence-corrected chi connectivity index (χ2v) is 9.21. The van der Waals surface area contributed by atoms with Crippen LogP contribution in [0, 0.1) is 0 Å². The quantitative estimate of drug-likeness (QED) is 0.694. The van der Waals surface area contributed by atoms with Gasteiger partial charge in [-0.3, -0.25) is 4.90 Å². The van der Waals surface area contributed by atoms with Crippen LogP contribution in [-0.2, 0) is 22.9 Å². The van der Waals surface area contributed by atoms with Gasteiger partial charge in [0.1, 0.15) is 0 Å². The summed E-state index contributed by atoms with van der Waals surface area (Å²) >= 11 is 0. The van der Waals surface area contributed by atoms with Gasteiger partial charge in [-0.05, 0) is 18.6 Å². The van der Waals surface area contributed by atoms with Crippen LogP contribution in [0.15, 0.2) is 41.7 Å². The van der Waals surface area contributed by atoms with E-state index in [1.807, 2.05) is 10.6 Å². The fourth-order valence-corrected chi connectivity index (χ4v) is 4.50. The van der Waals surface area contributed by atoms with Crippen molar-refractivity contribution in [1.29, 1.82) is 0 Å². The fourth-order valence-electron chi connectivity index (χ4n) is 3.48. The normalized spacial score (nSPS) is 16.0. The lowest BCUT2D eigenvalue weighted by molar-refractivity contribution is 0.242. The predicted octanol–water partition coefficient (Wildman–Crippen LogP) is 2.80. The molecule has 0 amide bonds. The third-order valence-corrected chi connectivity index (χ3v) is 6.82. The highest BCUT2D eigenvalue weighted by molar-refractivity contribution is 7.91. The molecule has 1 aromatic carbocycles. The number of aromatic nitrogens is 2. The number of imidazole rings is 1. The summed E-state index contributed by atoms with van der Waals surface area (Å²) in [4.78, 5) is 9.07.